The maximum atomic E-state index is 11.7. The highest BCUT2D eigenvalue weighted by Crippen LogP contribution is 2.07. The Bertz CT molecular complexity index is 538. The summed E-state index contributed by atoms with van der Waals surface area (Å²) in [6.07, 6.45) is 1.26. The van der Waals surface area contributed by atoms with Crippen LogP contribution in [0.1, 0.15) is 28.3 Å². The highest BCUT2D eigenvalue weighted by atomic mass is 32.1. The van der Waals surface area contributed by atoms with Gasteiger partial charge in [-0.25, -0.2) is 0 Å². The SMILES string of the molecule is CNC(C)Cc1noc(CCNC(=O)c2cccs2)n1. The zero-order valence-electron chi connectivity index (χ0n) is 11.5. The van der Waals surface area contributed by atoms with Crippen LogP contribution >= 0.6 is 11.3 Å². The molecule has 0 aromatic carbocycles. The molecule has 0 aliphatic rings. The van der Waals surface area contributed by atoms with E-state index in [4.69, 9.17) is 4.52 Å². The number of thiophene rings is 1. The van der Waals surface area contributed by atoms with Crippen molar-refractivity contribution in [1.29, 1.82) is 0 Å². The number of nitrogens with one attached hydrogen (secondary N) is 2. The van der Waals surface area contributed by atoms with Gasteiger partial charge in [0.25, 0.3) is 5.91 Å². The van der Waals surface area contributed by atoms with Crippen LogP contribution in [-0.2, 0) is 12.8 Å². The zero-order chi connectivity index (χ0) is 14.4. The number of carbonyl (C=O) groups is 1. The number of hydrogen-bond acceptors (Lipinski definition) is 6. The van der Waals surface area contributed by atoms with Crippen LogP contribution in [0.3, 0.4) is 0 Å². The van der Waals surface area contributed by atoms with Crippen LogP contribution in [0.4, 0.5) is 0 Å². The summed E-state index contributed by atoms with van der Waals surface area (Å²) in [4.78, 5) is 16.7. The fourth-order valence-electron chi connectivity index (χ4n) is 1.63. The van der Waals surface area contributed by atoms with Gasteiger partial charge >= 0.3 is 0 Å². The summed E-state index contributed by atoms with van der Waals surface area (Å²) in [7, 11) is 1.89. The second-order valence-corrected chi connectivity index (χ2v) is 5.43. The molecule has 1 atom stereocenters. The maximum Gasteiger partial charge on any atom is 0.261 e. The summed E-state index contributed by atoms with van der Waals surface area (Å²) >= 11 is 1.42. The second-order valence-electron chi connectivity index (χ2n) is 4.48. The monoisotopic (exact) mass is 294 g/mol. The van der Waals surface area contributed by atoms with Gasteiger partial charge in [-0.1, -0.05) is 11.2 Å². The number of nitrogens with zero attached hydrogens (tertiary/aromatic N) is 2. The Labute approximate surface area is 121 Å². The summed E-state index contributed by atoms with van der Waals surface area (Å²) in [6.45, 7) is 2.54. The van der Waals surface area contributed by atoms with Crippen LogP contribution in [0.15, 0.2) is 22.0 Å². The van der Waals surface area contributed by atoms with Gasteiger partial charge in [0.05, 0.1) is 4.88 Å². The number of likely N-dealkylation sites (N-methyl/N-ethyl adjacent to an activating group) is 1. The third kappa shape index (κ3) is 4.14. The molecule has 108 valence electrons. The normalized spacial score (nSPS) is 12.3. The summed E-state index contributed by atoms with van der Waals surface area (Å²) in [5.41, 5.74) is 0. The van der Waals surface area contributed by atoms with E-state index in [0.29, 0.717) is 35.6 Å². The highest BCUT2D eigenvalue weighted by Gasteiger charge is 2.10. The first-order chi connectivity index (χ1) is 9.69. The minimum atomic E-state index is -0.0662. The molecule has 0 bridgehead atoms. The van der Waals surface area contributed by atoms with E-state index >= 15 is 0 Å². The van der Waals surface area contributed by atoms with Crippen molar-refractivity contribution in [1.82, 2.24) is 20.8 Å². The van der Waals surface area contributed by atoms with Gasteiger partial charge in [0.2, 0.25) is 5.89 Å². The summed E-state index contributed by atoms with van der Waals surface area (Å²) in [6, 6.07) is 3.95. The molecule has 0 fully saturated rings. The molecule has 2 aromatic heterocycles. The van der Waals surface area contributed by atoms with E-state index in [1.807, 2.05) is 18.5 Å². The molecule has 0 spiro atoms. The first kappa shape index (κ1) is 14.7. The lowest BCUT2D eigenvalue weighted by atomic mass is 10.2. The molecule has 6 nitrogen and oxygen atoms in total. The number of rotatable bonds is 7. The Hall–Kier alpha value is -1.73. The summed E-state index contributed by atoms with van der Waals surface area (Å²) < 4.78 is 5.14. The van der Waals surface area contributed by atoms with Crippen molar-refractivity contribution < 1.29 is 9.32 Å². The van der Waals surface area contributed by atoms with Gasteiger partial charge in [-0.3, -0.25) is 4.79 Å². The summed E-state index contributed by atoms with van der Waals surface area (Å²) in [5, 5.41) is 11.7. The molecule has 2 aromatic rings. The molecular weight excluding hydrogens is 276 g/mol. The van der Waals surface area contributed by atoms with Gasteiger partial charge in [0, 0.05) is 25.4 Å². The van der Waals surface area contributed by atoms with Crippen LogP contribution < -0.4 is 10.6 Å². The Kier molecular flexibility index (Phi) is 5.25. The van der Waals surface area contributed by atoms with E-state index in [9.17, 15) is 4.79 Å². The molecule has 0 aliphatic carbocycles. The van der Waals surface area contributed by atoms with Crippen molar-refractivity contribution in [3.8, 4) is 0 Å². The predicted octanol–water partition coefficient (Wildman–Crippen LogP) is 1.25. The molecule has 7 heteroatoms. The van der Waals surface area contributed by atoms with Crippen molar-refractivity contribution in [2.24, 2.45) is 0 Å². The molecule has 1 unspecified atom stereocenters. The first-order valence-corrected chi connectivity index (χ1v) is 7.37. The van der Waals surface area contributed by atoms with Crippen LogP contribution in [0.25, 0.3) is 0 Å². The maximum absolute atomic E-state index is 11.7. The quantitative estimate of drug-likeness (QED) is 0.803. The fourth-order valence-corrected chi connectivity index (χ4v) is 2.27. The zero-order valence-corrected chi connectivity index (χ0v) is 12.4. The van der Waals surface area contributed by atoms with E-state index in [1.165, 1.54) is 11.3 Å². The van der Waals surface area contributed by atoms with E-state index in [1.54, 1.807) is 6.07 Å². The topological polar surface area (TPSA) is 80.0 Å². The lowest BCUT2D eigenvalue weighted by Crippen LogP contribution is -2.25. The first-order valence-electron chi connectivity index (χ1n) is 6.49. The molecule has 20 heavy (non-hydrogen) atoms. The van der Waals surface area contributed by atoms with Crippen LogP contribution in [-0.4, -0.2) is 35.7 Å². The van der Waals surface area contributed by atoms with Crippen molar-refractivity contribution >= 4 is 17.2 Å². The fraction of sp³-hybridized carbons (Fsp3) is 0.462. The smallest absolute Gasteiger partial charge is 0.261 e. The van der Waals surface area contributed by atoms with Crippen LogP contribution in [0, 0.1) is 0 Å². The molecule has 0 saturated carbocycles. The molecular formula is C13H18N4O2S. The van der Waals surface area contributed by atoms with Crippen molar-refractivity contribution in [3.63, 3.8) is 0 Å². The van der Waals surface area contributed by atoms with E-state index in [0.717, 1.165) is 6.42 Å². The van der Waals surface area contributed by atoms with E-state index in [-0.39, 0.29) is 5.91 Å². The lowest BCUT2D eigenvalue weighted by molar-refractivity contribution is 0.0957. The van der Waals surface area contributed by atoms with Gasteiger partial charge in [0.1, 0.15) is 0 Å². The Morgan fingerprint density at radius 2 is 2.40 bits per heavy atom. The molecule has 0 radical (unpaired) electrons. The molecule has 2 N–H and O–H groups in total. The molecule has 0 aliphatic heterocycles. The lowest BCUT2D eigenvalue weighted by Gasteiger charge is -2.04. The molecule has 0 saturated heterocycles. The Balaban J connectivity index is 1.76. The van der Waals surface area contributed by atoms with Crippen molar-refractivity contribution in [3.05, 3.63) is 34.1 Å². The third-order valence-electron chi connectivity index (χ3n) is 2.86. The van der Waals surface area contributed by atoms with Gasteiger partial charge in [-0.2, -0.15) is 4.98 Å². The second kappa shape index (κ2) is 7.16. The van der Waals surface area contributed by atoms with Crippen LogP contribution in [0.2, 0.25) is 0 Å². The molecule has 2 heterocycles. The number of aromatic nitrogens is 2. The average molecular weight is 294 g/mol. The highest BCUT2D eigenvalue weighted by molar-refractivity contribution is 7.12. The van der Waals surface area contributed by atoms with Crippen LogP contribution in [0.5, 0.6) is 0 Å². The van der Waals surface area contributed by atoms with Gasteiger partial charge < -0.3 is 15.2 Å². The molecule has 1 amide bonds. The Morgan fingerprint density at radius 1 is 1.55 bits per heavy atom. The van der Waals surface area contributed by atoms with Gasteiger partial charge in [-0.05, 0) is 25.4 Å². The van der Waals surface area contributed by atoms with Crippen molar-refractivity contribution in [2.45, 2.75) is 25.8 Å². The largest absolute Gasteiger partial charge is 0.351 e. The minimum absolute atomic E-state index is 0.0662. The van der Waals surface area contributed by atoms with E-state index < -0.39 is 0 Å². The molecule has 2 rings (SSSR count). The number of hydrogen-bond donors (Lipinski definition) is 2. The number of carbonyl (C=O) groups excluding carboxylic acids is 1. The van der Waals surface area contributed by atoms with Gasteiger partial charge in [-0.15, -0.1) is 11.3 Å². The van der Waals surface area contributed by atoms with E-state index in [2.05, 4.69) is 27.7 Å². The van der Waals surface area contributed by atoms with Crippen molar-refractivity contribution in [2.75, 3.05) is 13.6 Å². The third-order valence-corrected chi connectivity index (χ3v) is 3.73. The Morgan fingerprint density at radius 3 is 3.10 bits per heavy atom. The average Bonchev–Trinajstić information content (AvgIpc) is 3.10. The minimum Gasteiger partial charge on any atom is -0.351 e. The standard InChI is InChI=1S/C13H18N4O2S/c1-9(14-2)8-11-16-12(19-17-11)5-6-15-13(18)10-4-3-7-20-10/h3-4,7,9,14H,5-6,8H2,1-2H3,(H,15,18). The van der Waals surface area contributed by atoms with Gasteiger partial charge in [0.15, 0.2) is 5.82 Å². The number of amides is 1. The predicted molar refractivity (Wildman–Crippen MR) is 76.9 cm³/mol. The summed E-state index contributed by atoms with van der Waals surface area (Å²) in [5.74, 6) is 1.17.